The third kappa shape index (κ3) is 4.22. The van der Waals surface area contributed by atoms with Crippen LogP contribution in [-0.4, -0.2) is 12.1 Å². The van der Waals surface area contributed by atoms with E-state index in [1.807, 2.05) is 0 Å². The number of hydrogen-bond acceptors (Lipinski definition) is 2. The molecule has 0 radical (unpaired) electrons. The van der Waals surface area contributed by atoms with E-state index >= 15 is 0 Å². The number of fused-ring (bicyclic) bond motifs is 1. The molecule has 0 spiro atoms. The Balaban J connectivity index is 2.43. The van der Waals surface area contributed by atoms with Crippen molar-refractivity contribution in [1.29, 1.82) is 0 Å². The SMILES string of the molecule is CC(=O)OC1C/C=C\CCCc2c(C)ccc(C(C)C)c2C1. The average molecular weight is 300 g/mol. The van der Waals surface area contributed by atoms with Crippen molar-refractivity contribution in [1.82, 2.24) is 0 Å². The summed E-state index contributed by atoms with van der Waals surface area (Å²) in [5.74, 6) is 0.307. The maximum Gasteiger partial charge on any atom is 0.302 e. The fourth-order valence-electron chi connectivity index (χ4n) is 3.36. The first kappa shape index (κ1) is 16.8. The van der Waals surface area contributed by atoms with Crippen LogP contribution >= 0.6 is 0 Å². The molecule has 1 aromatic rings. The Morgan fingerprint density at radius 2 is 2.00 bits per heavy atom. The summed E-state index contributed by atoms with van der Waals surface area (Å²) in [7, 11) is 0. The molecule has 0 saturated heterocycles. The van der Waals surface area contributed by atoms with Crippen LogP contribution in [0.5, 0.6) is 0 Å². The molecule has 2 rings (SSSR count). The molecule has 0 saturated carbocycles. The molecule has 1 aromatic carbocycles. The zero-order valence-electron chi connectivity index (χ0n) is 14.3. The van der Waals surface area contributed by atoms with E-state index in [9.17, 15) is 4.79 Å². The van der Waals surface area contributed by atoms with Crippen molar-refractivity contribution in [2.24, 2.45) is 0 Å². The Bertz CT molecular complexity index is 555. The van der Waals surface area contributed by atoms with Crippen LogP contribution in [0, 0.1) is 6.92 Å². The number of carbonyl (C=O) groups is 1. The number of carbonyl (C=O) groups excluding carboxylic acids is 1. The minimum Gasteiger partial charge on any atom is -0.462 e. The zero-order chi connectivity index (χ0) is 16.1. The Morgan fingerprint density at radius 3 is 2.68 bits per heavy atom. The van der Waals surface area contributed by atoms with Gasteiger partial charge in [-0.3, -0.25) is 4.79 Å². The summed E-state index contributed by atoms with van der Waals surface area (Å²) in [6, 6.07) is 4.50. The van der Waals surface area contributed by atoms with Crippen LogP contribution in [0.4, 0.5) is 0 Å². The summed E-state index contributed by atoms with van der Waals surface area (Å²) in [4.78, 5) is 11.4. The molecule has 22 heavy (non-hydrogen) atoms. The number of hydrogen-bond donors (Lipinski definition) is 0. The molecule has 0 bridgehead atoms. The molecule has 2 nitrogen and oxygen atoms in total. The molecule has 1 atom stereocenters. The van der Waals surface area contributed by atoms with E-state index in [4.69, 9.17) is 4.74 Å². The van der Waals surface area contributed by atoms with Gasteiger partial charge in [0.2, 0.25) is 0 Å². The normalized spacial score (nSPS) is 20.3. The molecule has 0 aliphatic heterocycles. The van der Waals surface area contributed by atoms with Gasteiger partial charge in [0, 0.05) is 19.8 Å². The van der Waals surface area contributed by atoms with E-state index in [0.29, 0.717) is 5.92 Å². The van der Waals surface area contributed by atoms with E-state index in [2.05, 4.69) is 45.1 Å². The molecule has 2 heteroatoms. The van der Waals surface area contributed by atoms with E-state index in [1.165, 1.54) is 35.6 Å². The summed E-state index contributed by atoms with van der Waals surface area (Å²) in [6.07, 6.45) is 9.37. The second kappa shape index (κ2) is 7.62. The smallest absolute Gasteiger partial charge is 0.302 e. The third-order valence-electron chi connectivity index (χ3n) is 4.45. The Hall–Kier alpha value is -1.57. The van der Waals surface area contributed by atoms with E-state index in [0.717, 1.165) is 25.7 Å². The van der Waals surface area contributed by atoms with Crippen molar-refractivity contribution in [3.63, 3.8) is 0 Å². The van der Waals surface area contributed by atoms with Crippen molar-refractivity contribution >= 4 is 5.97 Å². The Kier molecular flexibility index (Phi) is 5.82. The number of esters is 1. The highest BCUT2D eigenvalue weighted by Crippen LogP contribution is 2.29. The van der Waals surface area contributed by atoms with Gasteiger partial charge in [-0.25, -0.2) is 0 Å². The number of benzene rings is 1. The molecule has 1 aliphatic carbocycles. The quantitative estimate of drug-likeness (QED) is 0.575. The van der Waals surface area contributed by atoms with Crippen molar-refractivity contribution in [3.8, 4) is 0 Å². The van der Waals surface area contributed by atoms with Gasteiger partial charge in [0.15, 0.2) is 0 Å². The lowest BCUT2D eigenvalue weighted by Gasteiger charge is -2.24. The maximum absolute atomic E-state index is 11.4. The van der Waals surface area contributed by atoms with E-state index in [1.54, 1.807) is 0 Å². The second-order valence-corrected chi connectivity index (χ2v) is 6.62. The van der Waals surface area contributed by atoms with Crippen LogP contribution in [-0.2, 0) is 22.4 Å². The lowest BCUT2D eigenvalue weighted by Crippen LogP contribution is -2.21. The van der Waals surface area contributed by atoms with Crippen LogP contribution < -0.4 is 0 Å². The van der Waals surface area contributed by atoms with Crippen LogP contribution in [0.2, 0.25) is 0 Å². The van der Waals surface area contributed by atoms with Crippen LogP contribution in [0.3, 0.4) is 0 Å². The van der Waals surface area contributed by atoms with Crippen molar-refractivity contribution in [3.05, 3.63) is 46.5 Å². The molecular formula is C20H28O2. The minimum atomic E-state index is -0.184. The van der Waals surface area contributed by atoms with E-state index in [-0.39, 0.29) is 12.1 Å². The summed E-state index contributed by atoms with van der Waals surface area (Å²) in [5.41, 5.74) is 5.66. The average Bonchev–Trinajstić information content (AvgIpc) is 2.44. The number of ether oxygens (including phenoxy) is 1. The molecule has 120 valence electrons. The van der Waals surface area contributed by atoms with Gasteiger partial charge in [-0.05, 0) is 54.4 Å². The molecule has 0 N–H and O–H groups in total. The highest BCUT2D eigenvalue weighted by atomic mass is 16.5. The molecule has 0 aromatic heterocycles. The van der Waals surface area contributed by atoms with Crippen molar-refractivity contribution < 1.29 is 9.53 Å². The van der Waals surface area contributed by atoms with Gasteiger partial charge in [-0.15, -0.1) is 0 Å². The largest absolute Gasteiger partial charge is 0.462 e. The first-order chi connectivity index (χ1) is 10.5. The fourth-order valence-corrected chi connectivity index (χ4v) is 3.36. The molecule has 1 unspecified atom stereocenters. The minimum absolute atomic E-state index is 0.0510. The van der Waals surface area contributed by atoms with Gasteiger partial charge in [0.1, 0.15) is 6.10 Å². The standard InChI is InChI=1S/C20H28O2/c1-14(2)18-12-11-15(3)19-10-8-6-5-7-9-17(13-20(18)19)22-16(4)21/h5,7,11-12,14,17H,6,8-10,13H2,1-4H3/b7-5-. The predicted molar refractivity (Wildman–Crippen MR) is 91.2 cm³/mol. The highest BCUT2D eigenvalue weighted by molar-refractivity contribution is 5.66. The fraction of sp³-hybridized carbons (Fsp3) is 0.550. The summed E-state index contributed by atoms with van der Waals surface area (Å²) in [6.45, 7) is 8.18. The van der Waals surface area contributed by atoms with Gasteiger partial charge in [0.05, 0.1) is 0 Å². The lowest BCUT2D eigenvalue weighted by atomic mass is 9.85. The molecule has 0 fully saturated rings. The molecule has 0 amide bonds. The predicted octanol–water partition coefficient (Wildman–Crippen LogP) is 4.88. The lowest BCUT2D eigenvalue weighted by molar-refractivity contribution is -0.146. The van der Waals surface area contributed by atoms with Gasteiger partial charge in [-0.1, -0.05) is 38.1 Å². The monoisotopic (exact) mass is 300 g/mol. The highest BCUT2D eigenvalue weighted by Gasteiger charge is 2.20. The van der Waals surface area contributed by atoms with Gasteiger partial charge < -0.3 is 4.74 Å². The first-order valence-corrected chi connectivity index (χ1v) is 8.42. The first-order valence-electron chi connectivity index (χ1n) is 8.42. The van der Waals surface area contributed by atoms with Crippen LogP contribution in [0.15, 0.2) is 24.3 Å². The maximum atomic E-state index is 11.4. The molecule has 1 aliphatic rings. The summed E-state index contributed by atoms with van der Waals surface area (Å²) < 4.78 is 5.56. The topological polar surface area (TPSA) is 26.3 Å². The summed E-state index contributed by atoms with van der Waals surface area (Å²) >= 11 is 0. The third-order valence-corrected chi connectivity index (χ3v) is 4.45. The van der Waals surface area contributed by atoms with E-state index < -0.39 is 0 Å². The summed E-state index contributed by atoms with van der Waals surface area (Å²) in [5, 5.41) is 0. The molecule has 0 heterocycles. The van der Waals surface area contributed by atoms with Crippen LogP contribution in [0.25, 0.3) is 0 Å². The van der Waals surface area contributed by atoms with Crippen molar-refractivity contribution in [2.75, 3.05) is 0 Å². The molecular weight excluding hydrogens is 272 g/mol. The van der Waals surface area contributed by atoms with Crippen molar-refractivity contribution in [2.45, 2.75) is 71.8 Å². The van der Waals surface area contributed by atoms with Gasteiger partial charge in [-0.2, -0.15) is 0 Å². The number of aryl methyl sites for hydroxylation is 1. The Labute approximate surface area is 134 Å². The van der Waals surface area contributed by atoms with Gasteiger partial charge >= 0.3 is 5.97 Å². The van der Waals surface area contributed by atoms with Gasteiger partial charge in [0.25, 0.3) is 0 Å². The Morgan fingerprint density at radius 1 is 1.23 bits per heavy atom. The van der Waals surface area contributed by atoms with Crippen LogP contribution in [0.1, 0.15) is 68.2 Å². The number of allylic oxidation sites excluding steroid dienone is 1. The number of rotatable bonds is 2. The second-order valence-electron chi connectivity index (χ2n) is 6.62. The zero-order valence-corrected chi connectivity index (χ0v) is 14.3.